The van der Waals surface area contributed by atoms with Crippen molar-refractivity contribution in [3.05, 3.63) is 54.1 Å². The van der Waals surface area contributed by atoms with Crippen LogP contribution in [0.4, 0.5) is 5.69 Å². The number of unbranched alkanes of at least 4 members (excludes halogenated alkanes) is 1. The summed E-state index contributed by atoms with van der Waals surface area (Å²) in [6.07, 6.45) is 8.30. The highest BCUT2D eigenvalue weighted by Gasteiger charge is 2.18. The van der Waals surface area contributed by atoms with Gasteiger partial charge in [-0.1, -0.05) is 18.2 Å². The number of rotatable bonds is 34. The second kappa shape index (κ2) is 31.5. The van der Waals surface area contributed by atoms with Crippen LogP contribution in [0.15, 0.2) is 53.4 Å². The van der Waals surface area contributed by atoms with Crippen LogP contribution >= 0.6 is 0 Å². The average Bonchev–Trinajstić information content (AvgIpc) is 3.22. The van der Waals surface area contributed by atoms with E-state index in [2.05, 4.69) is 27.2 Å². The number of ether oxygens (including phenoxy) is 5. The van der Waals surface area contributed by atoms with Gasteiger partial charge in [0.25, 0.3) is 16.0 Å². The molecule has 18 nitrogen and oxygen atoms in total. The second-order valence-corrected chi connectivity index (χ2v) is 14.2. The van der Waals surface area contributed by atoms with Crippen LogP contribution in [0.1, 0.15) is 55.3 Å². The van der Waals surface area contributed by atoms with Crippen LogP contribution in [0.3, 0.4) is 0 Å². The monoisotopic (exact) mass is 848 g/mol. The van der Waals surface area contributed by atoms with Crippen LogP contribution in [0.25, 0.3) is 0 Å². The molecule has 0 aliphatic rings. The smallest absolute Gasteiger partial charge is 0.423 e. The lowest BCUT2D eigenvalue weighted by Crippen LogP contribution is -2.30. The SMILES string of the molecule is C#CCCCC(=O)NCCCOCCOCCOCCCNC(=O)CCC(=O)NCCOCCOCCOS(=O)(=O)c1cccc(C(=O)Nc2cccc(B(O)O)c2)c1. The van der Waals surface area contributed by atoms with Crippen LogP contribution in [0.5, 0.6) is 0 Å². The van der Waals surface area contributed by atoms with Gasteiger partial charge in [0.2, 0.25) is 17.7 Å². The van der Waals surface area contributed by atoms with Crippen LogP contribution in [-0.4, -0.2) is 142 Å². The Morgan fingerprint density at radius 2 is 1.15 bits per heavy atom. The third-order valence-corrected chi connectivity index (χ3v) is 9.17. The Kier molecular flexibility index (Phi) is 27.1. The lowest BCUT2D eigenvalue weighted by molar-refractivity contribution is -0.126. The number of hydrogen-bond donors (Lipinski definition) is 6. The molecule has 59 heavy (non-hydrogen) atoms. The van der Waals surface area contributed by atoms with Gasteiger partial charge in [0.05, 0.1) is 64.4 Å². The molecule has 20 heteroatoms. The molecule has 0 unspecified atom stereocenters. The molecule has 326 valence electrons. The maximum atomic E-state index is 12.7. The summed E-state index contributed by atoms with van der Waals surface area (Å²) < 4.78 is 57.4. The number of benzene rings is 2. The molecule has 6 N–H and O–H groups in total. The first-order valence-corrected chi connectivity index (χ1v) is 20.8. The van der Waals surface area contributed by atoms with Crippen LogP contribution < -0.4 is 26.7 Å². The highest BCUT2D eigenvalue weighted by molar-refractivity contribution is 7.86. The fourth-order valence-corrected chi connectivity index (χ4v) is 5.76. The summed E-state index contributed by atoms with van der Waals surface area (Å²) in [7, 11) is -5.90. The maximum absolute atomic E-state index is 12.7. The van der Waals surface area contributed by atoms with Crippen molar-refractivity contribution in [3.8, 4) is 12.3 Å². The van der Waals surface area contributed by atoms with E-state index in [9.17, 15) is 37.6 Å². The van der Waals surface area contributed by atoms with E-state index >= 15 is 0 Å². The minimum absolute atomic E-state index is 0.00189. The van der Waals surface area contributed by atoms with E-state index in [4.69, 9.17) is 34.3 Å². The van der Waals surface area contributed by atoms with Crippen molar-refractivity contribution in [3.63, 3.8) is 0 Å². The van der Waals surface area contributed by atoms with Gasteiger partial charge in [-0.05, 0) is 55.1 Å². The Hall–Kier alpha value is -4.43. The van der Waals surface area contributed by atoms with Gasteiger partial charge in [-0.25, -0.2) is 0 Å². The van der Waals surface area contributed by atoms with Gasteiger partial charge in [-0.3, -0.25) is 23.4 Å². The maximum Gasteiger partial charge on any atom is 0.488 e. The number of amides is 4. The van der Waals surface area contributed by atoms with Crippen molar-refractivity contribution in [1.82, 2.24) is 16.0 Å². The van der Waals surface area contributed by atoms with E-state index in [0.29, 0.717) is 84.1 Å². The molecule has 0 radical (unpaired) electrons. The van der Waals surface area contributed by atoms with Crippen LogP contribution in [0.2, 0.25) is 0 Å². The lowest BCUT2D eigenvalue weighted by Gasteiger charge is -2.10. The zero-order valence-corrected chi connectivity index (χ0v) is 34.1. The van der Waals surface area contributed by atoms with Crippen molar-refractivity contribution in [2.45, 2.75) is 49.8 Å². The highest BCUT2D eigenvalue weighted by atomic mass is 32.2. The molecule has 0 aliphatic heterocycles. The summed E-state index contributed by atoms with van der Waals surface area (Å²) in [5.41, 5.74) is 0.521. The summed E-state index contributed by atoms with van der Waals surface area (Å²) in [6, 6.07) is 11.2. The Morgan fingerprint density at radius 1 is 0.627 bits per heavy atom. The fraction of sp³-hybridized carbons (Fsp3) is 0.538. The summed E-state index contributed by atoms with van der Waals surface area (Å²) in [6.45, 7) is 4.15. The molecule has 0 aromatic heterocycles. The molecule has 0 aliphatic carbocycles. The molecule has 2 aromatic rings. The number of terminal acetylenes is 1. The molecule has 0 saturated carbocycles. The molecular weight excluding hydrogens is 791 g/mol. The summed E-state index contributed by atoms with van der Waals surface area (Å²) >= 11 is 0. The fourth-order valence-electron chi connectivity index (χ4n) is 4.82. The van der Waals surface area contributed by atoms with E-state index in [0.717, 1.165) is 12.5 Å². The van der Waals surface area contributed by atoms with E-state index in [1.165, 1.54) is 36.4 Å². The van der Waals surface area contributed by atoms with Gasteiger partial charge in [-0.15, -0.1) is 12.3 Å². The summed E-state index contributed by atoms with van der Waals surface area (Å²) in [4.78, 5) is 48.0. The number of hydrogen-bond acceptors (Lipinski definition) is 14. The molecule has 0 spiro atoms. The summed E-state index contributed by atoms with van der Waals surface area (Å²) in [5, 5.41) is 29.5. The first-order valence-electron chi connectivity index (χ1n) is 19.4. The third kappa shape index (κ3) is 25.0. The first kappa shape index (κ1) is 50.7. The highest BCUT2D eigenvalue weighted by Crippen LogP contribution is 2.16. The molecule has 0 fully saturated rings. The molecule has 2 rings (SSSR count). The van der Waals surface area contributed by atoms with Crippen molar-refractivity contribution < 1.29 is 65.5 Å². The zero-order valence-electron chi connectivity index (χ0n) is 33.3. The van der Waals surface area contributed by atoms with Crippen molar-refractivity contribution >= 4 is 52.0 Å². The van der Waals surface area contributed by atoms with Crippen LogP contribution in [0, 0.1) is 12.3 Å². The molecule has 4 amide bonds. The lowest BCUT2D eigenvalue weighted by atomic mass is 9.80. The molecule has 0 saturated heterocycles. The van der Waals surface area contributed by atoms with E-state index in [-0.39, 0.29) is 86.1 Å². The normalized spacial score (nSPS) is 11.1. The average molecular weight is 849 g/mol. The standard InChI is InChI=1S/C39H57BN4O14S/c1-2-3-4-13-36(45)41-16-7-19-53-22-25-56-26-23-54-20-8-17-42-37(46)14-15-38(47)43-18-21-55-24-27-57-28-29-58-59(51,52)35-12-5-9-32(30-35)39(48)44-34-11-6-10-33(31-34)40(49)50/h1,5-6,9-12,30-31,49-50H,3-4,7-8,13-29H2,(H,41,45)(H,42,46)(H,43,47)(H,44,48). The Morgan fingerprint density at radius 3 is 1.75 bits per heavy atom. The van der Waals surface area contributed by atoms with E-state index in [1.54, 1.807) is 6.07 Å². The number of carbonyl (C=O) groups is 4. The third-order valence-electron chi connectivity index (χ3n) is 7.86. The second-order valence-electron chi connectivity index (χ2n) is 12.6. The minimum Gasteiger partial charge on any atom is -0.423 e. The van der Waals surface area contributed by atoms with E-state index in [1.807, 2.05) is 0 Å². The summed E-state index contributed by atoms with van der Waals surface area (Å²) in [5.74, 6) is 1.37. The predicted octanol–water partition coefficient (Wildman–Crippen LogP) is 0.120. The number of nitrogens with one attached hydrogen (secondary N) is 4. The number of carbonyl (C=O) groups excluding carboxylic acids is 4. The Labute approximate surface area is 346 Å². The van der Waals surface area contributed by atoms with Gasteiger partial charge in [-0.2, -0.15) is 8.42 Å². The molecule has 0 bridgehead atoms. The van der Waals surface area contributed by atoms with Gasteiger partial charge in [0.1, 0.15) is 0 Å². The predicted molar refractivity (Wildman–Crippen MR) is 218 cm³/mol. The molecular formula is C39H57BN4O14S. The van der Waals surface area contributed by atoms with Crippen molar-refractivity contribution in [2.24, 2.45) is 0 Å². The topological polar surface area (TPSA) is 246 Å². The molecule has 2 aromatic carbocycles. The molecule has 0 heterocycles. The molecule has 0 atom stereocenters. The van der Waals surface area contributed by atoms with E-state index < -0.39 is 23.1 Å². The van der Waals surface area contributed by atoms with Gasteiger partial charge >= 0.3 is 7.12 Å². The van der Waals surface area contributed by atoms with Gasteiger partial charge in [0.15, 0.2) is 0 Å². The Bertz CT molecular complexity index is 1690. The minimum atomic E-state index is -4.19. The zero-order chi connectivity index (χ0) is 43.0. The Balaban J connectivity index is 1.38. The largest absolute Gasteiger partial charge is 0.488 e. The number of anilines is 1. The van der Waals surface area contributed by atoms with Crippen molar-refractivity contribution in [2.75, 3.05) is 97.6 Å². The first-order chi connectivity index (χ1) is 28.5. The van der Waals surface area contributed by atoms with Gasteiger partial charge in [0, 0.05) is 69.8 Å². The van der Waals surface area contributed by atoms with Crippen LogP contribution in [-0.2, 0) is 52.4 Å². The van der Waals surface area contributed by atoms with Gasteiger partial charge < -0.3 is 55.0 Å². The van der Waals surface area contributed by atoms with Crippen molar-refractivity contribution in [1.29, 1.82) is 0 Å². The quantitative estimate of drug-likeness (QED) is 0.0237.